The number of aryl methyl sites for hydroxylation is 1. The second-order valence-corrected chi connectivity index (χ2v) is 7.01. The largest absolute Gasteiger partial charge is 0.350 e. The fourth-order valence-corrected chi connectivity index (χ4v) is 2.95. The Morgan fingerprint density at radius 2 is 1.88 bits per heavy atom. The Labute approximate surface area is 142 Å². The molecular formula is C18H25N3O3. The summed E-state index contributed by atoms with van der Waals surface area (Å²) < 4.78 is 0. The van der Waals surface area contributed by atoms with Crippen LogP contribution in [0.5, 0.6) is 0 Å². The van der Waals surface area contributed by atoms with Crippen molar-refractivity contribution in [3.8, 4) is 0 Å². The Morgan fingerprint density at radius 3 is 2.46 bits per heavy atom. The van der Waals surface area contributed by atoms with E-state index in [0.717, 1.165) is 16.0 Å². The fraction of sp³-hybridized carbons (Fsp3) is 0.500. The van der Waals surface area contributed by atoms with Crippen LogP contribution in [0, 0.1) is 12.8 Å². The fourth-order valence-electron chi connectivity index (χ4n) is 2.95. The number of nitrogens with one attached hydrogen (secondary N) is 2. The molecule has 0 saturated carbocycles. The summed E-state index contributed by atoms with van der Waals surface area (Å²) in [6, 6.07) is 7.30. The van der Waals surface area contributed by atoms with Gasteiger partial charge in [0.1, 0.15) is 12.1 Å². The number of benzene rings is 1. The second-order valence-electron chi connectivity index (χ2n) is 7.01. The SMILES string of the molecule is Cc1ccc(CNC(=O)CN2C(=O)NC(C)(CC(C)C)C2=O)cc1. The van der Waals surface area contributed by atoms with Crippen LogP contribution in [0.4, 0.5) is 4.79 Å². The molecule has 1 aliphatic rings. The minimum absolute atomic E-state index is 0.259. The van der Waals surface area contributed by atoms with Crippen LogP contribution < -0.4 is 10.6 Å². The van der Waals surface area contributed by atoms with Gasteiger partial charge in [-0.05, 0) is 31.7 Å². The van der Waals surface area contributed by atoms with Crippen molar-refractivity contribution in [2.45, 2.75) is 46.2 Å². The molecule has 0 spiro atoms. The molecule has 130 valence electrons. The van der Waals surface area contributed by atoms with Gasteiger partial charge in [0.15, 0.2) is 0 Å². The molecule has 1 aliphatic heterocycles. The maximum Gasteiger partial charge on any atom is 0.325 e. The molecule has 1 heterocycles. The van der Waals surface area contributed by atoms with E-state index in [1.54, 1.807) is 6.92 Å². The first-order valence-electron chi connectivity index (χ1n) is 8.17. The number of imide groups is 1. The van der Waals surface area contributed by atoms with Gasteiger partial charge in [0.05, 0.1) is 0 Å². The molecule has 2 N–H and O–H groups in total. The monoisotopic (exact) mass is 331 g/mol. The van der Waals surface area contributed by atoms with E-state index in [4.69, 9.17) is 0 Å². The van der Waals surface area contributed by atoms with E-state index >= 15 is 0 Å². The van der Waals surface area contributed by atoms with Crippen molar-refractivity contribution in [3.63, 3.8) is 0 Å². The molecule has 2 rings (SSSR count). The predicted molar refractivity (Wildman–Crippen MR) is 91.1 cm³/mol. The number of hydrogen-bond donors (Lipinski definition) is 2. The third kappa shape index (κ3) is 4.13. The third-order valence-corrected chi connectivity index (χ3v) is 4.07. The molecule has 1 aromatic carbocycles. The summed E-state index contributed by atoms with van der Waals surface area (Å²) in [5, 5.41) is 5.45. The van der Waals surface area contributed by atoms with Crippen LogP contribution >= 0.6 is 0 Å². The van der Waals surface area contributed by atoms with Gasteiger partial charge < -0.3 is 10.6 Å². The highest BCUT2D eigenvalue weighted by Crippen LogP contribution is 2.24. The number of amides is 4. The molecule has 1 unspecified atom stereocenters. The topological polar surface area (TPSA) is 78.5 Å². The molecule has 6 heteroatoms. The molecule has 1 fully saturated rings. The first-order valence-corrected chi connectivity index (χ1v) is 8.17. The first-order chi connectivity index (χ1) is 11.2. The maximum absolute atomic E-state index is 12.5. The molecule has 0 aliphatic carbocycles. The van der Waals surface area contributed by atoms with Gasteiger partial charge in [-0.1, -0.05) is 43.7 Å². The highest BCUT2D eigenvalue weighted by molar-refractivity contribution is 6.08. The molecular weight excluding hydrogens is 306 g/mol. The van der Waals surface area contributed by atoms with Crippen LogP contribution in [-0.2, 0) is 16.1 Å². The smallest absolute Gasteiger partial charge is 0.325 e. The number of carbonyl (C=O) groups excluding carboxylic acids is 3. The van der Waals surface area contributed by atoms with Crippen molar-refractivity contribution in [2.75, 3.05) is 6.54 Å². The Hall–Kier alpha value is -2.37. The van der Waals surface area contributed by atoms with Crippen LogP contribution in [0.3, 0.4) is 0 Å². The van der Waals surface area contributed by atoms with E-state index in [2.05, 4.69) is 10.6 Å². The normalized spacial score (nSPS) is 20.5. The second kappa shape index (κ2) is 7.03. The maximum atomic E-state index is 12.5. The summed E-state index contributed by atoms with van der Waals surface area (Å²) in [6.45, 7) is 7.78. The summed E-state index contributed by atoms with van der Waals surface area (Å²) in [5.74, 6) is -0.436. The molecule has 4 amide bonds. The Morgan fingerprint density at radius 1 is 1.25 bits per heavy atom. The number of urea groups is 1. The van der Waals surface area contributed by atoms with Crippen molar-refractivity contribution < 1.29 is 14.4 Å². The van der Waals surface area contributed by atoms with E-state index in [-0.39, 0.29) is 24.3 Å². The Bertz CT molecular complexity index is 639. The quantitative estimate of drug-likeness (QED) is 0.782. The van der Waals surface area contributed by atoms with E-state index in [0.29, 0.717) is 13.0 Å². The van der Waals surface area contributed by atoms with Crippen LogP contribution in [0.1, 0.15) is 38.3 Å². The molecule has 0 bridgehead atoms. The van der Waals surface area contributed by atoms with Crippen molar-refractivity contribution in [1.82, 2.24) is 15.5 Å². The summed E-state index contributed by atoms with van der Waals surface area (Å²) in [6.07, 6.45) is 0.541. The molecule has 0 radical (unpaired) electrons. The van der Waals surface area contributed by atoms with E-state index in [9.17, 15) is 14.4 Å². The minimum Gasteiger partial charge on any atom is -0.350 e. The van der Waals surface area contributed by atoms with Gasteiger partial charge in [-0.25, -0.2) is 4.79 Å². The first kappa shape index (κ1) is 18.0. The average Bonchev–Trinajstić information content (AvgIpc) is 2.69. The Kier molecular flexibility index (Phi) is 5.26. The van der Waals surface area contributed by atoms with Gasteiger partial charge in [-0.15, -0.1) is 0 Å². The standard InChI is InChI=1S/C18H25N3O3/c1-12(2)9-18(4)16(23)21(17(24)20-18)11-15(22)19-10-14-7-5-13(3)6-8-14/h5-8,12H,9-11H2,1-4H3,(H,19,22)(H,20,24). The third-order valence-electron chi connectivity index (χ3n) is 4.07. The number of carbonyl (C=O) groups is 3. The van der Waals surface area contributed by atoms with Crippen molar-refractivity contribution in [1.29, 1.82) is 0 Å². The van der Waals surface area contributed by atoms with Gasteiger partial charge in [-0.2, -0.15) is 0 Å². The molecule has 1 saturated heterocycles. The number of hydrogen-bond acceptors (Lipinski definition) is 3. The zero-order valence-corrected chi connectivity index (χ0v) is 14.7. The number of nitrogens with zero attached hydrogens (tertiary/aromatic N) is 1. The van der Waals surface area contributed by atoms with Crippen molar-refractivity contribution in [2.24, 2.45) is 5.92 Å². The summed E-state index contributed by atoms with van der Waals surface area (Å²) in [5.41, 5.74) is 1.19. The molecule has 6 nitrogen and oxygen atoms in total. The van der Waals surface area contributed by atoms with Crippen LogP contribution in [0.15, 0.2) is 24.3 Å². The van der Waals surface area contributed by atoms with Gasteiger partial charge in [0.2, 0.25) is 5.91 Å². The lowest BCUT2D eigenvalue weighted by molar-refractivity contribution is -0.135. The summed E-state index contributed by atoms with van der Waals surface area (Å²) in [7, 11) is 0. The van der Waals surface area contributed by atoms with E-state index < -0.39 is 11.6 Å². The van der Waals surface area contributed by atoms with Crippen molar-refractivity contribution >= 4 is 17.8 Å². The lowest BCUT2D eigenvalue weighted by Gasteiger charge is -2.23. The lowest BCUT2D eigenvalue weighted by atomic mass is 9.91. The lowest BCUT2D eigenvalue weighted by Crippen LogP contribution is -2.46. The zero-order chi connectivity index (χ0) is 17.9. The zero-order valence-electron chi connectivity index (χ0n) is 14.7. The highest BCUT2D eigenvalue weighted by atomic mass is 16.2. The van der Waals surface area contributed by atoms with Gasteiger partial charge in [0, 0.05) is 6.54 Å². The highest BCUT2D eigenvalue weighted by Gasteiger charge is 2.48. The van der Waals surface area contributed by atoms with Gasteiger partial charge in [0.25, 0.3) is 5.91 Å². The van der Waals surface area contributed by atoms with Gasteiger partial charge >= 0.3 is 6.03 Å². The van der Waals surface area contributed by atoms with E-state index in [1.165, 1.54) is 0 Å². The average molecular weight is 331 g/mol. The van der Waals surface area contributed by atoms with Crippen LogP contribution in [-0.4, -0.2) is 34.8 Å². The van der Waals surface area contributed by atoms with E-state index in [1.807, 2.05) is 45.0 Å². The molecule has 24 heavy (non-hydrogen) atoms. The summed E-state index contributed by atoms with van der Waals surface area (Å²) in [4.78, 5) is 37.6. The van der Waals surface area contributed by atoms with Gasteiger partial charge in [-0.3, -0.25) is 14.5 Å². The van der Waals surface area contributed by atoms with Crippen LogP contribution in [0.25, 0.3) is 0 Å². The summed E-state index contributed by atoms with van der Waals surface area (Å²) >= 11 is 0. The number of rotatable bonds is 6. The Balaban J connectivity index is 1.92. The predicted octanol–water partition coefficient (Wildman–Crippen LogP) is 1.97. The molecule has 1 aromatic rings. The molecule has 1 atom stereocenters. The van der Waals surface area contributed by atoms with Crippen molar-refractivity contribution in [3.05, 3.63) is 35.4 Å². The van der Waals surface area contributed by atoms with Crippen LogP contribution in [0.2, 0.25) is 0 Å². The minimum atomic E-state index is -0.928. The molecule has 0 aromatic heterocycles.